The smallest absolute Gasteiger partial charge is 0.243 e. The van der Waals surface area contributed by atoms with Gasteiger partial charge >= 0.3 is 0 Å². The number of rotatable bonds is 7. The molecule has 0 aliphatic carbocycles. The van der Waals surface area contributed by atoms with Crippen molar-refractivity contribution in [2.24, 2.45) is 11.7 Å². The van der Waals surface area contributed by atoms with Crippen LogP contribution in [0, 0.1) is 19.8 Å². The second-order valence-electron chi connectivity index (χ2n) is 6.60. The van der Waals surface area contributed by atoms with Crippen molar-refractivity contribution >= 4 is 41.7 Å². The molecular weight excluding hydrogens is 398 g/mol. The number of halogens is 1. The Morgan fingerprint density at radius 2 is 1.68 bits per heavy atom. The summed E-state index contributed by atoms with van der Waals surface area (Å²) in [6.07, 6.45) is 0. The summed E-state index contributed by atoms with van der Waals surface area (Å²) >= 11 is 1.46. The summed E-state index contributed by atoms with van der Waals surface area (Å²) in [5.74, 6) is -0.628. The normalized spacial score (nSPS) is 11.5. The van der Waals surface area contributed by atoms with Crippen LogP contribution in [0.25, 0.3) is 0 Å². The number of nitrogens with zero attached hydrogens (tertiary/aromatic N) is 2. The Labute approximate surface area is 175 Å². The van der Waals surface area contributed by atoms with Crippen molar-refractivity contribution in [1.82, 2.24) is 15.3 Å². The topological polar surface area (TPSA) is 110 Å². The molecule has 152 valence electrons. The molecule has 1 aromatic heterocycles. The van der Waals surface area contributed by atoms with E-state index in [4.69, 9.17) is 5.73 Å². The van der Waals surface area contributed by atoms with Gasteiger partial charge in [0.05, 0.1) is 12.6 Å². The molecule has 2 rings (SSSR count). The summed E-state index contributed by atoms with van der Waals surface area (Å²) in [6, 6.07) is 8.66. The molecule has 0 aliphatic rings. The molecule has 1 aromatic carbocycles. The molecule has 0 aliphatic heterocycles. The Balaban J connectivity index is 0.00000392. The fourth-order valence-corrected chi connectivity index (χ4v) is 3.11. The van der Waals surface area contributed by atoms with Gasteiger partial charge in [-0.2, -0.15) is 0 Å². The van der Waals surface area contributed by atoms with E-state index in [9.17, 15) is 9.59 Å². The van der Waals surface area contributed by atoms with E-state index in [-0.39, 0.29) is 36.7 Å². The first-order valence-electron chi connectivity index (χ1n) is 8.68. The Morgan fingerprint density at radius 3 is 2.21 bits per heavy atom. The second kappa shape index (κ2) is 11.0. The maximum Gasteiger partial charge on any atom is 0.243 e. The zero-order chi connectivity index (χ0) is 20.0. The van der Waals surface area contributed by atoms with Crippen LogP contribution < -0.4 is 16.4 Å². The summed E-state index contributed by atoms with van der Waals surface area (Å²) in [5.41, 5.74) is 8.24. The van der Waals surface area contributed by atoms with Crippen LogP contribution in [0.4, 0.5) is 5.69 Å². The number of benzene rings is 1. The Kier molecular flexibility index (Phi) is 9.37. The standard InChI is InChI=1S/C19H25N5O2S.ClH/c1-11(2)17(20)18(26)21-10-16(25)24-14-5-7-15(8-6-14)27-19-22-12(3)9-13(4)23-19;/h5-9,11,17H,10,20H2,1-4H3,(H,21,26)(H,24,25);1H/t17-;/m0./s1. The molecule has 2 aromatic rings. The van der Waals surface area contributed by atoms with Crippen molar-refractivity contribution in [3.05, 3.63) is 41.7 Å². The number of nitrogens with one attached hydrogen (secondary N) is 2. The molecule has 0 saturated carbocycles. The van der Waals surface area contributed by atoms with Crippen molar-refractivity contribution in [3.63, 3.8) is 0 Å². The molecule has 0 spiro atoms. The SMILES string of the molecule is Cc1cc(C)nc(Sc2ccc(NC(=O)CNC(=O)[C@@H](N)C(C)C)cc2)n1.Cl. The van der Waals surface area contributed by atoms with Gasteiger partial charge < -0.3 is 16.4 Å². The molecular formula is C19H26ClN5O2S. The number of anilines is 1. The second-order valence-corrected chi connectivity index (χ2v) is 7.64. The van der Waals surface area contributed by atoms with E-state index < -0.39 is 6.04 Å². The largest absolute Gasteiger partial charge is 0.346 e. The van der Waals surface area contributed by atoms with Gasteiger partial charge in [-0.25, -0.2) is 9.97 Å². The lowest BCUT2D eigenvalue weighted by Gasteiger charge is -2.15. The number of aromatic nitrogens is 2. The zero-order valence-corrected chi connectivity index (χ0v) is 18.0. The number of nitrogens with two attached hydrogens (primary N) is 1. The van der Waals surface area contributed by atoms with Crippen LogP contribution in [0.5, 0.6) is 0 Å². The average molecular weight is 424 g/mol. The molecule has 9 heteroatoms. The molecule has 2 amide bonds. The lowest BCUT2D eigenvalue weighted by atomic mass is 10.1. The summed E-state index contributed by atoms with van der Waals surface area (Å²) in [6.45, 7) is 7.46. The maximum absolute atomic E-state index is 12.0. The van der Waals surface area contributed by atoms with Crippen molar-refractivity contribution in [2.45, 2.75) is 43.8 Å². The van der Waals surface area contributed by atoms with Crippen molar-refractivity contribution < 1.29 is 9.59 Å². The fourth-order valence-electron chi connectivity index (χ4n) is 2.24. The highest BCUT2D eigenvalue weighted by Crippen LogP contribution is 2.26. The van der Waals surface area contributed by atoms with E-state index in [0.717, 1.165) is 16.3 Å². The van der Waals surface area contributed by atoms with E-state index in [1.165, 1.54) is 11.8 Å². The molecule has 0 unspecified atom stereocenters. The third-order valence-corrected chi connectivity index (χ3v) is 4.63. The minimum atomic E-state index is -0.624. The van der Waals surface area contributed by atoms with Gasteiger partial charge in [-0.3, -0.25) is 9.59 Å². The van der Waals surface area contributed by atoms with Crippen molar-refractivity contribution in [2.75, 3.05) is 11.9 Å². The predicted molar refractivity (Wildman–Crippen MR) is 114 cm³/mol. The number of hydrogen-bond donors (Lipinski definition) is 3. The predicted octanol–water partition coefficient (Wildman–Crippen LogP) is 2.70. The van der Waals surface area contributed by atoms with Gasteiger partial charge in [0.25, 0.3) is 0 Å². The first kappa shape index (κ1) is 23.9. The van der Waals surface area contributed by atoms with E-state index in [2.05, 4.69) is 20.6 Å². The van der Waals surface area contributed by atoms with Crippen LogP contribution in [0.2, 0.25) is 0 Å². The molecule has 0 bridgehead atoms. The van der Waals surface area contributed by atoms with Crippen LogP contribution in [0.1, 0.15) is 25.2 Å². The zero-order valence-electron chi connectivity index (χ0n) is 16.4. The Bertz CT molecular complexity index is 794. The van der Waals surface area contributed by atoms with Gasteiger partial charge in [-0.05, 0) is 61.9 Å². The first-order chi connectivity index (χ1) is 12.7. The van der Waals surface area contributed by atoms with E-state index >= 15 is 0 Å². The molecule has 7 nitrogen and oxygen atoms in total. The van der Waals surface area contributed by atoms with E-state index in [0.29, 0.717) is 10.8 Å². The summed E-state index contributed by atoms with van der Waals surface area (Å²) in [5, 5.41) is 5.97. The van der Waals surface area contributed by atoms with Gasteiger partial charge in [-0.15, -0.1) is 12.4 Å². The van der Waals surface area contributed by atoms with Gasteiger partial charge in [-0.1, -0.05) is 13.8 Å². The molecule has 0 fully saturated rings. The lowest BCUT2D eigenvalue weighted by molar-refractivity contribution is -0.125. The minimum Gasteiger partial charge on any atom is -0.346 e. The third kappa shape index (κ3) is 7.46. The van der Waals surface area contributed by atoms with Crippen LogP contribution in [-0.4, -0.2) is 34.4 Å². The summed E-state index contributed by atoms with van der Waals surface area (Å²) < 4.78 is 0. The van der Waals surface area contributed by atoms with Crippen molar-refractivity contribution in [1.29, 1.82) is 0 Å². The van der Waals surface area contributed by atoms with Crippen LogP contribution in [0.15, 0.2) is 40.4 Å². The highest BCUT2D eigenvalue weighted by atomic mass is 35.5. The number of carbonyl (C=O) groups excluding carboxylic acids is 2. The molecule has 0 radical (unpaired) electrons. The first-order valence-corrected chi connectivity index (χ1v) is 9.49. The van der Waals surface area contributed by atoms with Crippen LogP contribution in [0.3, 0.4) is 0 Å². The van der Waals surface area contributed by atoms with Crippen molar-refractivity contribution in [3.8, 4) is 0 Å². The number of amides is 2. The quantitative estimate of drug-likeness (QED) is 0.590. The Hall–Kier alpha value is -2.16. The Morgan fingerprint density at radius 1 is 1.11 bits per heavy atom. The van der Waals surface area contributed by atoms with Gasteiger partial charge in [0.15, 0.2) is 5.16 Å². The molecule has 1 heterocycles. The molecule has 4 N–H and O–H groups in total. The van der Waals surface area contributed by atoms with Gasteiger partial charge in [0.1, 0.15) is 0 Å². The van der Waals surface area contributed by atoms with E-state index in [1.807, 2.05) is 45.9 Å². The van der Waals surface area contributed by atoms with E-state index in [1.54, 1.807) is 12.1 Å². The van der Waals surface area contributed by atoms with Gasteiger partial charge in [0, 0.05) is 22.0 Å². The fraction of sp³-hybridized carbons (Fsp3) is 0.368. The highest BCUT2D eigenvalue weighted by molar-refractivity contribution is 7.99. The third-order valence-electron chi connectivity index (χ3n) is 3.75. The number of aryl methyl sites for hydroxylation is 2. The lowest BCUT2D eigenvalue weighted by Crippen LogP contribution is -2.46. The molecule has 28 heavy (non-hydrogen) atoms. The van der Waals surface area contributed by atoms with Crippen LogP contribution in [-0.2, 0) is 9.59 Å². The summed E-state index contributed by atoms with van der Waals surface area (Å²) in [4.78, 5) is 33.5. The number of carbonyl (C=O) groups is 2. The average Bonchev–Trinajstić information content (AvgIpc) is 2.59. The summed E-state index contributed by atoms with van der Waals surface area (Å²) in [7, 11) is 0. The minimum absolute atomic E-state index is 0. The molecule has 0 saturated heterocycles. The maximum atomic E-state index is 12.0. The van der Waals surface area contributed by atoms with Gasteiger partial charge in [0.2, 0.25) is 11.8 Å². The van der Waals surface area contributed by atoms with Crippen LogP contribution >= 0.6 is 24.2 Å². The molecule has 1 atom stereocenters. The highest BCUT2D eigenvalue weighted by Gasteiger charge is 2.17. The monoisotopic (exact) mass is 423 g/mol. The number of hydrogen-bond acceptors (Lipinski definition) is 6.